The molecule has 1 heterocycles. The predicted molar refractivity (Wildman–Crippen MR) is 84.2 cm³/mol. The highest BCUT2D eigenvalue weighted by atomic mass is 16.5. The van der Waals surface area contributed by atoms with E-state index >= 15 is 0 Å². The van der Waals surface area contributed by atoms with Crippen molar-refractivity contribution in [1.29, 1.82) is 0 Å². The normalized spacial score (nSPS) is 19.4. The second-order valence-electron chi connectivity index (χ2n) is 5.96. The maximum absolute atomic E-state index is 12.3. The lowest BCUT2D eigenvalue weighted by molar-refractivity contribution is -0.134. The smallest absolute Gasteiger partial charge is 0.408 e. The highest BCUT2D eigenvalue weighted by Crippen LogP contribution is 2.16. The first-order chi connectivity index (χ1) is 10.6. The summed E-state index contributed by atoms with van der Waals surface area (Å²) in [7, 11) is 0. The molecule has 22 heavy (non-hydrogen) atoms. The lowest BCUT2D eigenvalue weighted by Gasteiger charge is -2.32. The minimum Gasteiger partial charge on any atom is -0.445 e. The van der Waals surface area contributed by atoms with E-state index in [0.717, 1.165) is 31.5 Å². The minimum atomic E-state index is -0.562. The molecule has 5 heteroatoms. The molecule has 1 N–H and O–H groups in total. The second kappa shape index (κ2) is 7.82. The summed E-state index contributed by atoms with van der Waals surface area (Å²) in [6, 6.07) is 8.90. The highest BCUT2D eigenvalue weighted by Gasteiger charge is 2.26. The van der Waals surface area contributed by atoms with Crippen LogP contribution in [-0.2, 0) is 16.1 Å². The first-order valence-electron chi connectivity index (χ1n) is 7.82. The van der Waals surface area contributed by atoms with Gasteiger partial charge in [-0.15, -0.1) is 0 Å². The van der Waals surface area contributed by atoms with Crippen molar-refractivity contribution in [2.45, 2.75) is 39.3 Å². The molecule has 0 aliphatic carbocycles. The summed E-state index contributed by atoms with van der Waals surface area (Å²) in [5.74, 6) is 0.484. The Morgan fingerprint density at radius 1 is 1.36 bits per heavy atom. The number of amides is 2. The van der Waals surface area contributed by atoms with Crippen molar-refractivity contribution < 1.29 is 14.3 Å². The van der Waals surface area contributed by atoms with Crippen molar-refractivity contribution >= 4 is 12.0 Å². The van der Waals surface area contributed by atoms with E-state index in [0.29, 0.717) is 5.92 Å². The molecule has 1 aliphatic heterocycles. The van der Waals surface area contributed by atoms with Crippen LogP contribution < -0.4 is 5.32 Å². The Labute approximate surface area is 131 Å². The lowest BCUT2D eigenvalue weighted by Crippen LogP contribution is -2.49. The standard InChI is InChI=1S/C17H24N2O3/c1-13-7-6-10-19(11-13)16(20)14(2)18-17(21)22-12-15-8-4-3-5-9-15/h3-5,8-9,13-14H,6-7,10-12H2,1-2H3,(H,18,21)/t13?,14-/m0/s1. The predicted octanol–water partition coefficient (Wildman–Crippen LogP) is 2.56. The third-order valence-corrected chi connectivity index (χ3v) is 3.89. The number of nitrogens with one attached hydrogen (secondary N) is 1. The number of alkyl carbamates (subject to hydrolysis) is 1. The molecule has 0 radical (unpaired) electrons. The summed E-state index contributed by atoms with van der Waals surface area (Å²) in [6.45, 7) is 5.59. The van der Waals surface area contributed by atoms with E-state index < -0.39 is 12.1 Å². The maximum atomic E-state index is 12.3. The van der Waals surface area contributed by atoms with Gasteiger partial charge in [-0.25, -0.2) is 4.79 Å². The summed E-state index contributed by atoms with van der Waals surface area (Å²) in [6.07, 6.45) is 1.62. The SMILES string of the molecule is CC1CCCN(C(=O)[C@H](C)NC(=O)OCc2ccccc2)C1. The van der Waals surface area contributed by atoms with Gasteiger partial charge in [0.2, 0.25) is 5.91 Å². The molecule has 1 aromatic carbocycles. The van der Waals surface area contributed by atoms with Crippen LogP contribution in [0.5, 0.6) is 0 Å². The Kier molecular flexibility index (Phi) is 5.81. The highest BCUT2D eigenvalue weighted by molar-refractivity contribution is 5.85. The van der Waals surface area contributed by atoms with Crippen LogP contribution in [0.4, 0.5) is 4.79 Å². The molecule has 0 aromatic heterocycles. The summed E-state index contributed by atoms with van der Waals surface area (Å²) < 4.78 is 5.14. The summed E-state index contributed by atoms with van der Waals surface area (Å²) in [5, 5.41) is 2.61. The number of hydrogen-bond donors (Lipinski definition) is 1. The van der Waals surface area contributed by atoms with Gasteiger partial charge >= 0.3 is 6.09 Å². The Hall–Kier alpha value is -2.04. The van der Waals surface area contributed by atoms with Crippen molar-refractivity contribution in [3.63, 3.8) is 0 Å². The summed E-state index contributed by atoms with van der Waals surface area (Å²) in [5.41, 5.74) is 0.918. The van der Waals surface area contributed by atoms with Crippen LogP contribution in [0.25, 0.3) is 0 Å². The molecule has 2 rings (SSSR count). The molecule has 1 fully saturated rings. The number of benzene rings is 1. The average molecular weight is 304 g/mol. The van der Waals surface area contributed by atoms with Crippen LogP contribution >= 0.6 is 0 Å². The fourth-order valence-electron chi connectivity index (χ4n) is 2.67. The van der Waals surface area contributed by atoms with E-state index in [4.69, 9.17) is 4.74 Å². The fraction of sp³-hybridized carbons (Fsp3) is 0.529. The summed E-state index contributed by atoms with van der Waals surface area (Å²) in [4.78, 5) is 25.9. The molecule has 120 valence electrons. The quantitative estimate of drug-likeness (QED) is 0.930. The Morgan fingerprint density at radius 2 is 2.09 bits per heavy atom. The Balaban J connectivity index is 1.76. The van der Waals surface area contributed by atoms with Crippen LogP contribution in [0.15, 0.2) is 30.3 Å². The topological polar surface area (TPSA) is 58.6 Å². The van der Waals surface area contributed by atoms with Crippen molar-refractivity contribution in [2.24, 2.45) is 5.92 Å². The van der Waals surface area contributed by atoms with Crippen molar-refractivity contribution in [2.75, 3.05) is 13.1 Å². The van der Waals surface area contributed by atoms with Gasteiger partial charge in [-0.1, -0.05) is 37.3 Å². The van der Waals surface area contributed by atoms with Crippen LogP contribution in [0, 0.1) is 5.92 Å². The molecular formula is C17H24N2O3. The maximum Gasteiger partial charge on any atom is 0.408 e. The van der Waals surface area contributed by atoms with Gasteiger partial charge in [0, 0.05) is 13.1 Å². The summed E-state index contributed by atoms with van der Waals surface area (Å²) >= 11 is 0. The number of nitrogens with zero attached hydrogens (tertiary/aromatic N) is 1. The Bertz CT molecular complexity index is 504. The van der Waals surface area contributed by atoms with Crippen molar-refractivity contribution in [3.05, 3.63) is 35.9 Å². The fourth-order valence-corrected chi connectivity index (χ4v) is 2.67. The van der Waals surface area contributed by atoms with Gasteiger partial charge in [-0.05, 0) is 31.2 Å². The molecule has 0 bridgehead atoms. The number of likely N-dealkylation sites (tertiary alicyclic amines) is 1. The number of carbonyl (C=O) groups excluding carboxylic acids is 2. The molecule has 2 atom stereocenters. The van der Waals surface area contributed by atoms with Crippen molar-refractivity contribution in [1.82, 2.24) is 10.2 Å². The van der Waals surface area contributed by atoms with E-state index in [2.05, 4.69) is 12.2 Å². The first kappa shape index (κ1) is 16.3. The molecule has 0 saturated carbocycles. The molecule has 1 aliphatic rings. The number of piperidine rings is 1. The van der Waals surface area contributed by atoms with E-state index in [-0.39, 0.29) is 12.5 Å². The molecule has 5 nitrogen and oxygen atoms in total. The monoisotopic (exact) mass is 304 g/mol. The van der Waals surface area contributed by atoms with E-state index in [1.54, 1.807) is 6.92 Å². The van der Waals surface area contributed by atoms with Gasteiger partial charge in [0.25, 0.3) is 0 Å². The van der Waals surface area contributed by atoms with Gasteiger partial charge < -0.3 is 15.0 Å². The third kappa shape index (κ3) is 4.76. The zero-order valence-electron chi connectivity index (χ0n) is 13.2. The third-order valence-electron chi connectivity index (χ3n) is 3.89. The van der Waals surface area contributed by atoms with Crippen molar-refractivity contribution in [3.8, 4) is 0 Å². The van der Waals surface area contributed by atoms with Gasteiger partial charge in [0.15, 0.2) is 0 Å². The minimum absolute atomic E-state index is 0.0387. The zero-order chi connectivity index (χ0) is 15.9. The number of carbonyl (C=O) groups is 2. The van der Waals surface area contributed by atoms with E-state index in [9.17, 15) is 9.59 Å². The molecule has 1 saturated heterocycles. The molecule has 0 spiro atoms. The average Bonchev–Trinajstić information content (AvgIpc) is 2.53. The lowest BCUT2D eigenvalue weighted by atomic mass is 10.00. The van der Waals surface area contributed by atoms with Crippen LogP contribution in [0.2, 0.25) is 0 Å². The largest absolute Gasteiger partial charge is 0.445 e. The van der Waals surface area contributed by atoms with E-state index in [1.165, 1.54) is 0 Å². The Morgan fingerprint density at radius 3 is 2.77 bits per heavy atom. The van der Waals surface area contributed by atoms with Crippen LogP contribution in [0.1, 0.15) is 32.3 Å². The van der Waals surface area contributed by atoms with Gasteiger partial charge in [0.1, 0.15) is 12.6 Å². The number of ether oxygens (including phenoxy) is 1. The zero-order valence-corrected chi connectivity index (χ0v) is 13.2. The van der Waals surface area contributed by atoms with Gasteiger partial charge in [-0.3, -0.25) is 4.79 Å². The molecular weight excluding hydrogens is 280 g/mol. The van der Waals surface area contributed by atoms with Crippen LogP contribution in [0.3, 0.4) is 0 Å². The molecule has 1 unspecified atom stereocenters. The second-order valence-corrected chi connectivity index (χ2v) is 5.96. The number of rotatable bonds is 4. The van der Waals surface area contributed by atoms with Gasteiger partial charge in [0.05, 0.1) is 0 Å². The molecule has 1 aromatic rings. The van der Waals surface area contributed by atoms with Crippen LogP contribution in [-0.4, -0.2) is 36.0 Å². The number of hydrogen-bond acceptors (Lipinski definition) is 3. The first-order valence-corrected chi connectivity index (χ1v) is 7.82. The molecule has 2 amide bonds. The van der Waals surface area contributed by atoms with E-state index in [1.807, 2.05) is 35.2 Å². The van der Waals surface area contributed by atoms with Gasteiger partial charge in [-0.2, -0.15) is 0 Å².